The Balaban J connectivity index is 0. The van der Waals surface area contributed by atoms with Gasteiger partial charge in [0.25, 0.3) is 0 Å². The van der Waals surface area contributed by atoms with Gasteiger partial charge < -0.3 is 12.4 Å². The van der Waals surface area contributed by atoms with Crippen LogP contribution in [0.1, 0.15) is 40.0 Å². The Morgan fingerprint density at radius 2 is 1.50 bits per heavy atom. The van der Waals surface area contributed by atoms with Gasteiger partial charge in [-0.2, -0.15) is 0 Å². The molecule has 0 amide bonds. The van der Waals surface area contributed by atoms with Gasteiger partial charge in [0.1, 0.15) is 0 Å². The molecule has 12 heavy (non-hydrogen) atoms. The molecule has 0 N–H and O–H groups in total. The van der Waals surface area contributed by atoms with E-state index >= 15 is 0 Å². The summed E-state index contributed by atoms with van der Waals surface area (Å²) in [6.45, 7) is 9.54. The minimum atomic E-state index is -0.467. The van der Waals surface area contributed by atoms with Gasteiger partial charge in [-0.1, -0.05) is 20.3 Å². The van der Waals surface area contributed by atoms with Crippen LogP contribution in [-0.2, 0) is 0 Å². The van der Waals surface area contributed by atoms with Gasteiger partial charge >= 0.3 is 0 Å². The molecule has 2 heteroatoms. The Hall–Kier alpha value is 0.720. The van der Waals surface area contributed by atoms with E-state index < -0.39 is 7.26 Å². The van der Waals surface area contributed by atoms with Gasteiger partial charge in [-0.25, -0.2) is 0 Å². The third-order valence-corrected chi connectivity index (χ3v) is 7.03. The fourth-order valence-electron chi connectivity index (χ4n) is 1.51. The molecule has 0 aliphatic rings. The molecule has 0 fully saturated rings. The molecule has 1 unspecified atom stereocenters. The van der Waals surface area contributed by atoms with Crippen LogP contribution < -0.4 is 12.4 Å². The molecular formula is C10H24ClP. The monoisotopic (exact) mass is 210 g/mol. The normalized spacial score (nSPS) is 15.0. The highest BCUT2D eigenvalue weighted by molar-refractivity contribution is 7.75. The van der Waals surface area contributed by atoms with Crippen molar-refractivity contribution in [1.29, 1.82) is 0 Å². The van der Waals surface area contributed by atoms with Crippen LogP contribution in [0.4, 0.5) is 0 Å². The largest absolute Gasteiger partial charge is 1.00 e. The molecule has 0 aliphatic heterocycles. The summed E-state index contributed by atoms with van der Waals surface area (Å²) >= 11 is 0. The lowest BCUT2D eigenvalue weighted by Gasteiger charge is -2.20. The van der Waals surface area contributed by atoms with E-state index in [0.29, 0.717) is 0 Å². The third-order valence-electron chi connectivity index (χ3n) is 2.58. The zero-order chi connectivity index (χ0) is 8.74. The van der Waals surface area contributed by atoms with Crippen LogP contribution in [0.5, 0.6) is 0 Å². The molecule has 1 atom stereocenters. The third kappa shape index (κ3) is 6.26. The highest BCUT2D eigenvalue weighted by Crippen LogP contribution is 2.55. The Morgan fingerprint density at radius 1 is 0.917 bits per heavy atom. The first-order valence-corrected chi connectivity index (χ1v) is 7.81. The second-order valence-electron chi connectivity index (χ2n) is 3.74. The van der Waals surface area contributed by atoms with E-state index in [4.69, 9.17) is 0 Å². The maximum atomic E-state index is 2.55. The predicted octanol–water partition coefficient (Wildman–Crippen LogP) is 0.868. The van der Waals surface area contributed by atoms with Crippen LogP contribution in [0, 0.1) is 0 Å². The fraction of sp³-hybridized carbons (Fsp3) is 1.00. The minimum Gasteiger partial charge on any atom is -1.00 e. The standard InChI is InChI=1S/C10H24P.ClH/c1-5-8-10-11(4,7-3)9-6-2;/h5-10H2,1-4H3;1H/q+1;/p-1. The Labute approximate surface area is 85.3 Å². The Kier molecular flexibility index (Phi) is 10.5. The van der Waals surface area contributed by atoms with Crippen molar-refractivity contribution in [1.82, 2.24) is 0 Å². The van der Waals surface area contributed by atoms with Crippen molar-refractivity contribution in [2.24, 2.45) is 0 Å². The molecule has 0 saturated carbocycles. The second-order valence-corrected chi connectivity index (χ2v) is 8.50. The maximum Gasteiger partial charge on any atom is 0.0591 e. The maximum absolute atomic E-state index is 2.55. The van der Waals surface area contributed by atoms with Crippen LogP contribution in [0.3, 0.4) is 0 Å². The van der Waals surface area contributed by atoms with Crippen molar-refractivity contribution < 1.29 is 12.4 Å². The van der Waals surface area contributed by atoms with E-state index in [-0.39, 0.29) is 12.4 Å². The number of hydrogen-bond acceptors (Lipinski definition) is 0. The van der Waals surface area contributed by atoms with Gasteiger partial charge in [0.05, 0.1) is 18.5 Å². The van der Waals surface area contributed by atoms with Crippen molar-refractivity contribution in [2.75, 3.05) is 25.2 Å². The molecule has 76 valence electrons. The van der Waals surface area contributed by atoms with Gasteiger partial charge in [0.2, 0.25) is 0 Å². The zero-order valence-electron chi connectivity index (χ0n) is 9.07. The lowest BCUT2D eigenvalue weighted by molar-refractivity contribution is -0.00000272. The first-order chi connectivity index (χ1) is 5.18. The molecular weight excluding hydrogens is 187 g/mol. The summed E-state index contributed by atoms with van der Waals surface area (Å²) in [6.07, 6.45) is 8.73. The number of rotatable bonds is 6. The zero-order valence-corrected chi connectivity index (χ0v) is 10.7. The first kappa shape index (κ1) is 15.2. The van der Waals surface area contributed by atoms with E-state index in [2.05, 4.69) is 27.4 Å². The topological polar surface area (TPSA) is 0 Å². The van der Waals surface area contributed by atoms with E-state index in [1.165, 1.54) is 37.7 Å². The highest BCUT2D eigenvalue weighted by atomic mass is 35.5. The van der Waals surface area contributed by atoms with Gasteiger partial charge in [-0.05, 0) is 19.8 Å². The van der Waals surface area contributed by atoms with Gasteiger partial charge in [0.15, 0.2) is 0 Å². The summed E-state index contributed by atoms with van der Waals surface area (Å²) in [5.74, 6) is 0. The summed E-state index contributed by atoms with van der Waals surface area (Å²) in [5, 5.41) is 0. The molecule has 0 nitrogen and oxygen atoms in total. The second kappa shape index (κ2) is 8.32. The summed E-state index contributed by atoms with van der Waals surface area (Å²) in [7, 11) is -0.467. The van der Waals surface area contributed by atoms with E-state index in [0.717, 1.165) is 0 Å². The van der Waals surface area contributed by atoms with Crippen LogP contribution >= 0.6 is 7.26 Å². The molecule has 0 aromatic rings. The molecule has 0 radical (unpaired) electrons. The average Bonchev–Trinajstić information content (AvgIpc) is 2.02. The number of hydrogen-bond donors (Lipinski definition) is 0. The van der Waals surface area contributed by atoms with Crippen molar-refractivity contribution in [2.45, 2.75) is 40.0 Å². The molecule has 0 heterocycles. The lowest BCUT2D eigenvalue weighted by atomic mass is 10.4. The molecule has 0 bridgehead atoms. The van der Waals surface area contributed by atoms with E-state index in [1.54, 1.807) is 0 Å². The Morgan fingerprint density at radius 3 is 1.83 bits per heavy atom. The molecule has 0 aromatic heterocycles. The van der Waals surface area contributed by atoms with Gasteiger partial charge in [0, 0.05) is 13.9 Å². The summed E-state index contributed by atoms with van der Waals surface area (Å²) in [5.41, 5.74) is 0. The molecule has 0 saturated heterocycles. The van der Waals surface area contributed by atoms with Crippen molar-refractivity contribution in [3.63, 3.8) is 0 Å². The summed E-state index contributed by atoms with van der Waals surface area (Å²) < 4.78 is 0. The SMILES string of the molecule is CCCC[P+](C)(CC)CCC.[Cl-]. The molecule has 0 spiro atoms. The predicted molar refractivity (Wildman–Crippen MR) is 58.3 cm³/mol. The highest BCUT2D eigenvalue weighted by Gasteiger charge is 2.26. The average molecular weight is 211 g/mol. The van der Waals surface area contributed by atoms with Gasteiger partial charge in [-0.3, -0.25) is 0 Å². The quantitative estimate of drug-likeness (QED) is 0.571. The Bertz CT molecular complexity index is 95.8. The molecule has 0 rings (SSSR count). The molecule has 0 aliphatic carbocycles. The minimum absolute atomic E-state index is 0. The smallest absolute Gasteiger partial charge is 0.0591 e. The number of unbranched alkanes of at least 4 members (excludes halogenated alkanes) is 1. The fourth-order valence-corrected chi connectivity index (χ4v) is 4.52. The van der Waals surface area contributed by atoms with Gasteiger partial charge in [-0.15, -0.1) is 0 Å². The first-order valence-electron chi connectivity index (χ1n) is 5.02. The molecule has 0 aromatic carbocycles. The van der Waals surface area contributed by atoms with Crippen LogP contribution in [-0.4, -0.2) is 25.2 Å². The summed E-state index contributed by atoms with van der Waals surface area (Å²) in [6, 6.07) is 0. The van der Waals surface area contributed by atoms with Crippen LogP contribution in [0.2, 0.25) is 0 Å². The van der Waals surface area contributed by atoms with Crippen molar-refractivity contribution >= 4 is 7.26 Å². The van der Waals surface area contributed by atoms with E-state index in [9.17, 15) is 0 Å². The van der Waals surface area contributed by atoms with Crippen molar-refractivity contribution in [3.8, 4) is 0 Å². The van der Waals surface area contributed by atoms with Crippen LogP contribution in [0.15, 0.2) is 0 Å². The number of halogens is 1. The van der Waals surface area contributed by atoms with E-state index in [1.807, 2.05) is 0 Å². The summed E-state index contributed by atoms with van der Waals surface area (Å²) in [4.78, 5) is 0. The van der Waals surface area contributed by atoms with Crippen molar-refractivity contribution in [3.05, 3.63) is 0 Å². The lowest BCUT2D eigenvalue weighted by Crippen LogP contribution is -3.00. The van der Waals surface area contributed by atoms with Crippen LogP contribution in [0.25, 0.3) is 0 Å².